The minimum Gasteiger partial charge on any atom is -0.495 e. The molecule has 1 aliphatic heterocycles. The number of para-hydroxylation sites is 3. The number of methoxy groups -OCH3 is 1. The molecule has 3 aromatic rings. The molecular weight excluding hydrogens is 418 g/mol. The number of nitrogens with zero attached hydrogens (tertiary/aromatic N) is 1. The fraction of sp³-hybridized carbons (Fsp3) is 0.192. The molecule has 0 aromatic heterocycles. The first-order valence-electron chi connectivity index (χ1n) is 10.7. The van der Waals surface area contributed by atoms with Gasteiger partial charge in [0.15, 0.2) is 0 Å². The molecule has 0 spiro atoms. The highest BCUT2D eigenvalue weighted by molar-refractivity contribution is 6.11. The van der Waals surface area contributed by atoms with Crippen LogP contribution in [0.15, 0.2) is 72.8 Å². The molecule has 168 valence electrons. The van der Waals surface area contributed by atoms with Crippen molar-refractivity contribution in [1.82, 2.24) is 0 Å². The highest BCUT2D eigenvalue weighted by Crippen LogP contribution is 2.28. The Labute approximate surface area is 192 Å². The zero-order valence-electron chi connectivity index (χ0n) is 18.5. The van der Waals surface area contributed by atoms with E-state index in [0.29, 0.717) is 29.2 Å². The third-order valence-electron chi connectivity index (χ3n) is 5.63. The van der Waals surface area contributed by atoms with Crippen molar-refractivity contribution in [3.63, 3.8) is 0 Å². The summed E-state index contributed by atoms with van der Waals surface area (Å²) in [5, 5.41) is 5.66. The van der Waals surface area contributed by atoms with Crippen molar-refractivity contribution < 1.29 is 19.1 Å². The molecule has 1 aliphatic rings. The average molecular weight is 444 g/mol. The number of anilines is 3. The normalized spacial score (nSPS) is 15.3. The second-order valence-corrected chi connectivity index (χ2v) is 7.93. The zero-order chi connectivity index (χ0) is 23.4. The molecule has 1 saturated heterocycles. The van der Waals surface area contributed by atoms with Crippen LogP contribution in [0.5, 0.6) is 5.75 Å². The Balaban J connectivity index is 1.47. The van der Waals surface area contributed by atoms with Gasteiger partial charge in [-0.2, -0.15) is 0 Å². The van der Waals surface area contributed by atoms with Gasteiger partial charge in [0.1, 0.15) is 5.75 Å². The van der Waals surface area contributed by atoms with Crippen molar-refractivity contribution in [1.29, 1.82) is 0 Å². The van der Waals surface area contributed by atoms with Gasteiger partial charge in [-0.05, 0) is 43.3 Å². The van der Waals surface area contributed by atoms with Gasteiger partial charge in [-0.1, -0.05) is 42.0 Å². The molecule has 0 aliphatic carbocycles. The van der Waals surface area contributed by atoms with Gasteiger partial charge in [0.2, 0.25) is 11.8 Å². The van der Waals surface area contributed by atoms with Crippen molar-refractivity contribution in [2.24, 2.45) is 5.92 Å². The van der Waals surface area contributed by atoms with Gasteiger partial charge in [-0.25, -0.2) is 0 Å². The van der Waals surface area contributed by atoms with Crippen LogP contribution in [0.4, 0.5) is 17.1 Å². The predicted octanol–water partition coefficient (Wildman–Crippen LogP) is 4.25. The lowest BCUT2D eigenvalue weighted by molar-refractivity contribution is -0.122. The third kappa shape index (κ3) is 4.87. The quantitative estimate of drug-likeness (QED) is 0.596. The number of amides is 3. The fourth-order valence-electron chi connectivity index (χ4n) is 3.82. The Hall–Kier alpha value is -4.13. The van der Waals surface area contributed by atoms with Gasteiger partial charge >= 0.3 is 0 Å². The van der Waals surface area contributed by atoms with E-state index in [-0.39, 0.29) is 24.1 Å². The summed E-state index contributed by atoms with van der Waals surface area (Å²) in [5.41, 5.74) is 3.11. The maximum absolute atomic E-state index is 13.0. The lowest BCUT2D eigenvalue weighted by Gasteiger charge is -2.17. The molecule has 33 heavy (non-hydrogen) atoms. The molecule has 4 rings (SSSR count). The molecule has 0 bridgehead atoms. The van der Waals surface area contributed by atoms with E-state index < -0.39 is 5.92 Å². The molecule has 0 unspecified atom stereocenters. The Bertz CT molecular complexity index is 1190. The average Bonchev–Trinajstić information content (AvgIpc) is 3.22. The van der Waals surface area contributed by atoms with Crippen LogP contribution in [-0.2, 0) is 9.59 Å². The summed E-state index contributed by atoms with van der Waals surface area (Å²) < 4.78 is 5.29. The van der Waals surface area contributed by atoms with Gasteiger partial charge < -0.3 is 20.3 Å². The van der Waals surface area contributed by atoms with Crippen molar-refractivity contribution in [3.8, 4) is 5.75 Å². The molecule has 7 heteroatoms. The summed E-state index contributed by atoms with van der Waals surface area (Å²) in [5.74, 6) is -0.743. The van der Waals surface area contributed by atoms with Crippen LogP contribution < -0.4 is 20.3 Å². The first-order chi connectivity index (χ1) is 16.0. The lowest BCUT2D eigenvalue weighted by Crippen LogP contribution is -2.28. The number of hydrogen-bond donors (Lipinski definition) is 2. The van der Waals surface area contributed by atoms with E-state index in [1.54, 1.807) is 47.4 Å². The summed E-state index contributed by atoms with van der Waals surface area (Å²) in [7, 11) is 1.53. The standard InChI is InChI=1S/C26H25N3O4/c1-17-11-13-19(14-12-17)29-16-18(15-24(29)30)25(31)27-21-8-4-3-7-20(21)26(32)28-22-9-5-6-10-23(22)33-2/h3-14,18H,15-16H2,1-2H3,(H,27,31)(H,28,32)/t18-/m0/s1. The minimum atomic E-state index is -0.510. The molecule has 7 nitrogen and oxygen atoms in total. The summed E-state index contributed by atoms with van der Waals surface area (Å²) in [6.07, 6.45) is 0.120. The van der Waals surface area contributed by atoms with Gasteiger partial charge in [-0.15, -0.1) is 0 Å². The topological polar surface area (TPSA) is 87.7 Å². The second-order valence-electron chi connectivity index (χ2n) is 7.93. The summed E-state index contributed by atoms with van der Waals surface area (Å²) >= 11 is 0. The molecule has 3 amide bonds. The van der Waals surface area contributed by atoms with Crippen LogP contribution in [0.1, 0.15) is 22.3 Å². The molecule has 0 saturated carbocycles. The number of carbonyl (C=O) groups is 3. The van der Waals surface area contributed by atoms with Crippen molar-refractivity contribution in [2.75, 3.05) is 29.2 Å². The number of nitrogens with one attached hydrogen (secondary N) is 2. The van der Waals surface area contributed by atoms with Crippen LogP contribution in [0, 0.1) is 12.8 Å². The maximum Gasteiger partial charge on any atom is 0.257 e. The Morgan fingerprint density at radius 2 is 1.58 bits per heavy atom. The van der Waals surface area contributed by atoms with Crippen LogP contribution >= 0.6 is 0 Å². The van der Waals surface area contributed by atoms with Gasteiger partial charge in [0.05, 0.1) is 30.0 Å². The molecule has 3 aromatic carbocycles. The van der Waals surface area contributed by atoms with Crippen molar-refractivity contribution in [3.05, 3.63) is 83.9 Å². The van der Waals surface area contributed by atoms with E-state index >= 15 is 0 Å². The van der Waals surface area contributed by atoms with Gasteiger partial charge in [0, 0.05) is 18.7 Å². The molecule has 1 heterocycles. The van der Waals surface area contributed by atoms with E-state index in [2.05, 4.69) is 10.6 Å². The lowest BCUT2D eigenvalue weighted by atomic mass is 10.1. The van der Waals surface area contributed by atoms with E-state index in [9.17, 15) is 14.4 Å². The molecular formula is C26H25N3O4. The maximum atomic E-state index is 13.0. The first kappa shape index (κ1) is 22.1. The molecule has 1 atom stereocenters. The van der Waals surface area contributed by atoms with Gasteiger partial charge in [-0.3, -0.25) is 14.4 Å². The van der Waals surface area contributed by atoms with Crippen LogP contribution in [0.3, 0.4) is 0 Å². The minimum absolute atomic E-state index is 0.0961. The number of carbonyl (C=O) groups excluding carboxylic acids is 3. The zero-order valence-corrected chi connectivity index (χ0v) is 18.5. The first-order valence-corrected chi connectivity index (χ1v) is 10.7. The second kappa shape index (κ2) is 9.56. The van der Waals surface area contributed by atoms with Crippen LogP contribution in [0.25, 0.3) is 0 Å². The molecule has 1 fully saturated rings. The number of hydrogen-bond acceptors (Lipinski definition) is 4. The SMILES string of the molecule is COc1ccccc1NC(=O)c1ccccc1NC(=O)[C@H]1CC(=O)N(c2ccc(C)cc2)C1. The number of aryl methyl sites for hydroxylation is 1. The summed E-state index contributed by atoms with van der Waals surface area (Å²) in [6.45, 7) is 2.27. The monoisotopic (exact) mass is 443 g/mol. The number of ether oxygens (including phenoxy) is 1. The number of rotatable bonds is 6. The molecule has 0 radical (unpaired) electrons. The van der Waals surface area contributed by atoms with E-state index in [0.717, 1.165) is 11.3 Å². The summed E-state index contributed by atoms with van der Waals surface area (Å²) in [4.78, 5) is 40.1. The smallest absolute Gasteiger partial charge is 0.257 e. The Morgan fingerprint density at radius 3 is 2.30 bits per heavy atom. The highest BCUT2D eigenvalue weighted by atomic mass is 16.5. The molecule has 2 N–H and O–H groups in total. The predicted molar refractivity (Wildman–Crippen MR) is 128 cm³/mol. The van der Waals surface area contributed by atoms with Crippen LogP contribution in [-0.4, -0.2) is 31.4 Å². The Morgan fingerprint density at radius 1 is 0.909 bits per heavy atom. The largest absolute Gasteiger partial charge is 0.495 e. The third-order valence-corrected chi connectivity index (χ3v) is 5.63. The van der Waals surface area contributed by atoms with Crippen molar-refractivity contribution >= 4 is 34.8 Å². The van der Waals surface area contributed by atoms with Gasteiger partial charge in [0.25, 0.3) is 5.91 Å². The van der Waals surface area contributed by atoms with E-state index in [1.807, 2.05) is 37.3 Å². The highest BCUT2D eigenvalue weighted by Gasteiger charge is 2.35. The van der Waals surface area contributed by atoms with E-state index in [1.165, 1.54) is 7.11 Å². The fourth-order valence-corrected chi connectivity index (χ4v) is 3.82. The number of benzene rings is 3. The Kier molecular flexibility index (Phi) is 6.40. The van der Waals surface area contributed by atoms with Crippen LogP contribution in [0.2, 0.25) is 0 Å². The van der Waals surface area contributed by atoms with E-state index in [4.69, 9.17) is 4.74 Å². The summed E-state index contributed by atoms with van der Waals surface area (Å²) in [6, 6.07) is 21.5. The van der Waals surface area contributed by atoms with Crippen molar-refractivity contribution in [2.45, 2.75) is 13.3 Å².